The van der Waals surface area contributed by atoms with Crippen molar-refractivity contribution in [3.05, 3.63) is 148 Å². The predicted molar refractivity (Wildman–Crippen MR) is 322 cm³/mol. The Labute approximate surface area is 450 Å². The third kappa shape index (κ3) is 5.88. The van der Waals surface area contributed by atoms with Crippen molar-refractivity contribution in [2.24, 2.45) is 0 Å². The zero-order valence-corrected chi connectivity index (χ0v) is 47.9. The van der Waals surface area contributed by atoms with Crippen molar-refractivity contribution in [1.82, 2.24) is 4.57 Å². The minimum absolute atomic E-state index is 0.00861. The normalized spacial score (nSPS) is 19.1. The molecule has 7 aromatic carbocycles. The quantitative estimate of drug-likeness (QED) is 0.154. The Balaban J connectivity index is 1.18. The Bertz CT molecular complexity index is 4280. The zero-order valence-electron chi connectivity index (χ0n) is 47.9. The highest BCUT2D eigenvalue weighted by molar-refractivity contribution is 6.93. The van der Waals surface area contributed by atoms with E-state index in [9.17, 15) is 0 Å². The molecule has 0 N–H and O–H groups in total. The van der Waals surface area contributed by atoms with Crippen LogP contribution in [-0.2, 0) is 37.9 Å². The predicted octanol–water partition coefficient (Wildman–Crippen LogP) is 18.3. The molecule has 0 bridgehead atoms. The molecule has 0 radical (unpaired) electrons. The van der Waals surface area contributed by atoms with Gasteiger partial charge in [-0.2, -0.15) is 0 Å². The molecule has 4 nitrogen and oxygen atoms in total. The Hall–Kier alpha value is -6.46. The number of nitrogens with zero attached hydrogens (tertiary/aromatic N) is 2. The van der Waals surface area contributed by atoms with Crippen LogP contribution in [0.4, 0.5) is 11.4 Å². The van der Waals surface area contributed by atoms with E-state index in [2.05, 4.69) is 223 Å². The molecule has 0 unspecified atom stereocenters. The van der Waals surface area contributed by atoms with Gasteiger partial charge in [-0.15, -0.1) is 0 Å². The van der Waals surface area contributed by atoms with Crippen molar-refractivity contribution in [2.45, 2.75) is 174 Å². The summed E-state index contributed by atoms with van der Waals surface area (Å²) in [4.78, 5) is 2.65. The van der Waals surface area contributed by atoms with Gasteiger partial charge in [0.1, 0.15) is 22.4 Å². The van der Waals surface area contributed by atoms with Gasteiger partial charge >= 0.3 is 6.85 Å². The van der Waals surface area contributed by atoms with Crippen LogP contribution in [0.25, 0.3) is 82.7 Å². The summed E-state index contributed by atoms with van der Waals surface area (Å²) in [6.45, 7) is 38.3. The largest absolute Gasteiger partial charge is 0.466 e. The van der Waals surface area contributed by atoms with E-state index < -0.39 is 0 Å². The lowest BCUT2D eigenvalue weighted by Gasteiger charge is -2.42. The first-order valence-corrected chi connectivity index (χ1v) is 28.5. The fourth-order valence-corrected chi connectivity index (χ4v) is 15.6. The van der Waals surface area contributed by atoms with Crippen LogP contribution in [0.2, 0.25) is 0 Å². The van der Waals surface area contributed by atoms with Gasteiger partial charge in [0.05, 0.1) is 16.7 Å². The summed E-state index contributed by atoms with van der Waals surface area (Å²) >= 11 is 0. The number of hydrogen-bond acceptors (Lipinski definition) is 3. The first-order valence-electron chi connectivity index (χ1n) is 28.5. The van der Waals surface area contributed by atoms with Crippen LogP contribution in [-0.4, -0.2) is 11.4 Å². The monoisotopic (exact) mass is 997 g/mol. The van der Waals surface area contributed by atoms with Gasteiger partial charge in [0, 0.05) is 55.4 Å². The van der Waals surface area contributed by atoms with Crippen LogP contribution < -0.4 is 15.9 Å². The van der Waals surface area contributed by atoms with Crippen molar-refractivity contribution in [2.75, 3.05) is 4.81 Å². The standard InChI is InChI=1S/C71H73BN2O2/c1-65(2,3)38-21-24-40(25-22-38)74-53-37-56-42(43-33-48-51(36-55(43)75-56)70(13,14)30-28-67(48,7)8)32-44(53)58-57-41-19-17-18-20-47(41)71(15,16)60(57)59-45-34-49-50(69(11,12)29-27-68(49,9)10)35-52(45)73-62-46-31-39(66(4,5)6)23-26-54(46)76-64(62)72(74)61(58)63(59)73/h17-26,31-37H,27-30H2,1-16H3. The Kier molecular flexibility index (Phi) is 8.73. The summed E-state index contributed by atoms with van der Waals surface area (Å²) in [6.07, 6.45) is 4.62. The van der Waals surface area contributed by atoms with Crippen molar-refractivity contribution >= 4 is 84.1 Å². The van der Waals surface area contributed by atoms with Crippen molar-refractivity contribution in [1.29, 1.82) is 0 Å². The number of aromatic nitrogens is 1. The molecule has 382 valence electrons. The van der Waals surface area contributed by atoms with E-state index >= 15 is 0 Å². The van der Waals surface area contributed by atoms with Gasteiger partial charge in [-0.25, -0.2) is 0 Å². The maximum Gasteiger partial charge on any atom is 0.375 e. The van der Waals surface area contributed by atoms with E-state index in [1.807, 2.05) is 0 Å². The average molecular weight is 997 g/mol. The topological polar surface area (TPSA) is 34.5 Å². The molecule has 5 heterocycles. The summed E-state index contributed by atoms with van der Waals surface area (Å²) in [5, 5.41) is 6.30. The van der Waals surface area contributed by atoms with Crippen LogP contribution in [0.1, 0.15) is 181 Å². The molecule has 0 amide bonds. The molecule has 0 spiro atoms. The highest BCUT2D eigenvalue weighted by Gasteiger charge is 2.53. The molecule has 5 heteroatoms. The second kappa shape index (κ2) is 14.2. The summed E-state index contributed by atoms with van der Waals surface area (Å²) in [5.74, 6) is 0. The number of benzene rings is 7. The number of hydrogen-bond donors (Lipinski definition) is 0. The van der Waals surface area contributed by atoms with E-state index in [-0.39, 0.29) is 44.8 Å². The summed E-state index contributed by atoms with van der Waals surface area (Å²) in [5.41, 5.74) is 27.6. The smallest absolute Gasteiger partial charge is 0.375 e. The van der Waals surface area contributed by atoms with Gasteiger partial charge in [-0.05, 0) is 179 Å². The fraction of sp³-hybridized carbons (Fsp3) is 0.380. The molecule has 0 fully saturated rings. The highest BCUT2D eigenvalue weighted by Crippen LogP contribution is 2.61. The van der Waals surface area contributed by atoms with E-state index in [0.717, 1.165) is 59.5 Å². The summed E-state index contributed by atoms with van der Waals surface area (Å²) in [6, 6.07) is 41.0. The first kappa shape index (κ1) is 46.8. The van der Waals surface area contributed by atoms with Crippen LogP contribution >= 0.6 is 0 Å². The lowest BCUT2D eigenvalue weighted by atomic mass is 9.45. The Morgan fingerprint density at radius 2 is 1.05 bits per heavy atom. The van der Waals surface area contributed by atoms with Gasteiger partial charge in [0.15, 0.2) is 0 Å². The Morgan fingerprint density at radius 3 is 1.70 bits per heavy atom. The third-order valence-electron chi connectivity index (χ3n) is 20.4. The lowest BCUT2D eigenvalue weighted by Crippen LogP contribution is -2.60. The molecule has 3 aliphatic carbocycles. The van der Waals surface area contributed by atoms with Gasteiger partial charge in [-0.1, -0.05) is 153 Å². The van der Waals surface area contributed by atoms with E-state index in [0.29, 0.717) is 0 Å². The minimum atomic E-state index is -0.304. The molecule has 0 saturated carbocycles. The molecular weight excluding hydrogens is 924 g/mol. The minimum Gasteiger partial charge on any atom is -0.466 e. The molecule has 2 aliphatic heterocycles. The fourth-order valence-electron chi connectivity index (χ4n) is 15.6. The summed E-state index contributed by atoms with van der Waals surface area (Å²) in [7, 11) is 0. The van der Waals surface area contributed by atoms with Crippen molar-refractivity contribution < 1.29 is 8.83 Å². The molecule has 0 atom stereocenters. The average Bonchev–Trinajstić information content (AvgIpc) is 4.11. The van der Waals surface area contributed by atoms with Crippen LogP contribution in [0, 0.1) is 0 Å². The molecule has 0 saturated heterocycles. The van der Waals surface area contributed by atoms with Crippen LogP contribution in [0.5, 0.6) is 0 Å². The maximum absolute atomic E-state index is 7.66. The SMILES string of the molecule is CC(C)(C)c1ccc(N2B3c4oc5ccc(C(C)(C)C)cc5c4-n4c5cc6c(cc5c5c7c(c(c3c54)-c3cc4c(cc32)oc2cc3c(cc24)C(C)(C)CCC3(C)C)-c2ccccc2C7(C)C)C(C)(C)CCC6(C)C)cc1. The molecule has 3 aromatic heterocycles. The number of fused-ring (bicyclic) bond motifs is 20. The van der Waals surface area contributed by atoms with Crippen molar-refractivity contribution in [3.8, 4) is 27.9 Å². The van der Waals surface area contributed by atoms with Gasteiger partial charge in [-0.3, -0.25) is 0 Å². The van der Waals surface area contributed by atoms with Crippen LogP contribution in [0.3, 0.4) is 0 Å². The first-order chi connectivity index (χ1) is 35.7. The van der Waals surface area contributed by atoms with Crippen molar-refractivity contribution in [3.63, 3.8) is 0 Å². The van der Waals surface area contributed by atoms with Gasteiger partial charge < -0.3 is 18.2 Å². The molecular formula is C71H73BN2O2. The van der Waals surface area contributed by atoms with Gasteiger partial charge in [0.2, 0.25) is 0 Å². The third-order valence-corrected chi connectivity index (χ3v) is 20.4. The highest BCUT2D eigenvalue weighted by atomic mass is 16.3. The number of anilines is 2. The Morgan fingerprint density at radius 1 is 0.487 bits per heavy atom. The van der Waals surface area contributed by atoms with E-state index in [1.54, 1.807) is 0 Å². The van der Waals surface area contributed by atoms with Gasteiger partial charge in [0.25, 0.3) is 0 Å². The maximum atomic E-state index is 7.66. The number of rotatable bonds is 1. The molecule has 5 aliphatic rings. The second-order valence-electron chi connectivity index (χ2n) is 29.4. The molecule has 10 aromatic rings. The lowest BCUT2D eigenvalue weighted by molar-refractivity contribution is 0.332. The second-order valence-corrected chi connectivity index (χ2v) is 29.4. The van der Waals surface area contributed by atoms with E-state index in [1.165, 1.54) is 116 Å². The molecule has 15 rings (SSSR count). The van der Waals surface area contributed by atoms with Crippen LogP contribution in [0.15, 0.2) is 112 Å². The summed E-state index contributed by atoms with van der Waals surface area (Å²) < 4.78 is 17.6. The van der Waals surface area contributed by atoms with E-state index in [4.69, 9.17) is 8.83 Å². The molecule has 76 heavy (non-hydrogen) atoms. The number of furan rings is 2. The zero-order chi connectivity index (χ0) is 53.1.